The zero-order valence-electron chi connectivity index (χ0n) is 11.3. The maximum atomic E-state index is 13.7. The molecule has 5 heteroatoms. The lowest BCUT2D eigenvalue weighted by atomic mass is 10.1. The number of halogens is 1. The van der Waals surface area contributed by atoms with Gasteiger partial charge in [0.15, 0.2) is 0 Å². The fourth-order valence-corrected chi connectivity index (χ4v) is 1.72. The Morgan fingerprint density at radius 3 is 2.76 bits per heavy atom. The highest BCUT2D eigenvalue weighted by atomic mass is 19.1. The van der Waals surface area contributed by atoms with Crippen molar-refractivity contribution in [3.8, 4) is 11.8 Å². The van der Waals surface area contributed by atoms with Crippen molar-refractivity contribution in [2.45, 2.75) is 6.54 Å². The molecule has 1 heterocycles. The Bertz CT molecular complexity index is 690. The van der Waals surface area contributed by atoms with Crippen molar-refractivity contribution in [2.75, 3.05) is 6.54 Å². The summed E-state index contributed by atoms with van der Waals surface area (Å²) >= 11 is 0. The Hall–Kier alpha value is -2.71. The number of hydrogen-bond donors (Lipinski definition) is 2. The van der Waals surface area contributed by atoms with Crippen LogP contribution in [0.3, 0.4) is 0 Å². The van der Waals surface area contributed by atoms with Crippen LogP contribution >= 0.6 is 0 Å². The third-order valence-electron chi connectivity index (χ3n) is 2.76. The molecule has 21 heavy (non-hydrogen) atoms. The number of rotatable bonds is 3. The van der Waals surface area contributed by atoms with E-state index < -0.39 is 0 Å². The highest BCUT2D eigenvalue weighted by Crippen LogP contribution is 2.10. The first kappa shape index (κ1) is 14.7. The molecule has 3 N–H and O–H groups in total. The van der Waals surface area contributed by atoms with Gasteiger partial charge in [-0.3, -0.25) is 9.78 Å². The van der Waals surface area contributed by atoms with Crippen LogP contribution in [0.5, 0.6) is 0 Å². The van der Waals surface area contributed by atoms with Gasteiger partial charge in [-0.1, -0.05) is 11.8 Å². The largest absolute Gasteiger partial charge is 0.348 e. The van der Waals surface area contributed by atoms with E-state index >= 15 is 0 Å². The van der Waals surface area contributed by atoms with Gasteiger partial charge in [0.05, 0.1) is 6.54 Å². The molecular weight excluding hydrogens is 269 g/mol. The Morgan fingerprint density at radius 2 is 2.05 bits per heavy atom. The van der Waals surface area contributed by atoms with Gasteiger partial charge in [-0.2, -0.15) is 0 Å². The van der Waals surface area contributed by atoms with Crippen molar-refractivity contribution in [3.63, 3.8) is 0 Å². The van der Waals surface area contributed by atoms with E-state index in [1.165, 1.54) is 18.5 Å². The van der Waals surface area contributed by atoms with Crippen LogP contribution in [0, 0.1) is 17.7 Å². The average Bonchev–Trinajstić information content (AvgIpc) is 2.53. The van der Waals surface area contributed by atoms with Gasteiger partial charge < -0.3 is 11.1 Å². The van der Waals surface area contributed by atoms with Crippen molar-refractivity contribution in [2.24, 2.45) is 5.73 Å². The van der Waals surface area contributed by atoms with Gasteiger partial charge in [0.25, 0.3) is 5.91 Å². The Labute approximate surface area is 122 Å². The quantitative estimate of drug-likeness (QED) is 0.838. The van der Waals surface area contributed by atoms with Gasteiger partial charge >= 0.3 is 0 Å². The predicted octanol–water partition coefficient (Wildman–Crippen LogP) is 1.46. The number of nitrogens with zero attached hydrogens (tertiary/aromatic N) is 1. The number of hydrogen-bond acceptors (Lipinski definition) is 3. The van der Waals surface area contributed by atoms with Crippen molar-refractivity contribution in [1.29, 1.82) is 0 Å². The minimum Gasteiger partial charge on any atom is -0.348 e. The number of aromatic nitrogens is 1. The van der Waals surface area contributed by atoms with Gasteiger partial charge in [-0.25, -0.2) is 4.39 Å². The molecule has 4 nitrogen and oxygen atoms in total. The first-order valence-corrected chi connectivity index (χ1v) is 6.36. The maximum Gasteiger partial charge on any atom is 0.251 e. The molecule has 0 atom stereocenters. The van der Waals surface area contributed by atoms with Crippen LogP contribution in [-0.2, 0) is 6.54 Å². The van der Waals surface area contributed by atoms with E-state index in [1.54, 1.807) is 24.3 Å². The monoisotopic (exact) mass is 283 g/mol. The minimum atomic E-state index is -0.386. The highest BCUT2D eigenvalue weighted by Gasteiger charge is 2.07. The molecule has 1 aromatic heterocycles. The number of nitrogens with one attached hydrogen (secondary N) is 1. The average molecular weight is 283 g/mol. The summed E-state index contributed by atoms with van der Waals surface area (Å²) in [7, 11) is 0. The molecule has 0 aliphatic carbocycles. The first-order chi connectivity index (χ1) is 10.2. The summed E-state index contributed by atoms with van der Waals surface area (Å²) in [5.74, 6) is 4.86. The number of carbonyl (C=O) groups is 1. The van der Waals surface area contributed by atoms with E-state index in [9.17, 15) is 9.18 Å². The van der Waals surface area contributed by atoms with Crippen LogP contribution in [0.25, 0.3) is 0 Å². The van der Waals surface area contributed by atoms with Crippen LogP contribution < -0.4 is 11.1 Å². The number of benzene rings is 1. The van der Waals surface area contributed by atoms with Gasteiger partial charge in [0.2, 0.25) is 0 Å². The Morgan fingerprint density at radius 1 is 1.29 bits per heavy atom. The molecule has 0 radical (unpaired) electrons. The van der Waals surface area contributed by atoms with Gasteiger partial charge in [-0.15, -0.1) is 0 Å². The SMILES string of the molecule is NCC#Cc1ccc(F)c(CNC(=O)c2ccncc2)c1. The van der Waals surface area contributed by atoms with Crippen LogP contribution in [0.2, 0.25) is 0 Å². The van der Waals surface area contributed by atoms with Gasteiger partial charge in [0.1, 0.15) is 5.82 Å². The highest BCUT2D eigenvalue weighted by molar-refractivity contribution is 5.93. The second-order valence-electron chi connectivity index (χ2n) is 4.23. The van der Waals surface area contributed by atoms with Crippen LogP contribution in [0.1, 0.15) is 21.5 Å². The number of carbonyl (C=O) groups excluding carboxylic acids is 1. The fourth-order valence-electron chi connectivity index (χ4n) is 1.72. The smallest absolute Gasteiger partial charge is 0.251 e. The minimum absolute atomic E-state index is 0.0884. The molecule has 0 aliphatic rings. The number of amides is 1. The van der Waals surface area contributed by atoms with Crippen molar-refractivity contribution in [1.82, 2.24) is 10.3 Å². The summed E-state index contributed by atoms with van der Waals surface area (Å²) < 4.78 is 13.7. The number of nitrogens with two attached hydrogens (primary N) is 1. The van der Waals surface area contributed by atoms with E-state index in [2.05, 4.69) is 22.1 Å². The molecule has 2 rings (SSSR count). The van der Waals surface area contributed by atoms with E-state index in [0.29, 0.717) is 16.7 Å². The lowest BCUT2D eigenvalue weighted by molar-refractivity contribution is 0.0950. The summed E-state index contributed by atoms with van der Waals surface area (Å²) in [6, 6.07) is 7.69. The molecule has 0 aliphatic heterocycles. The molecule has 0 fully saturated rings. The summed E-state index contributed by atoms with van der Waals surface area (Å²) in [4.78, 5) is 15.7. The van der Waals surface area contributed by atoms with E-state index in [0.717, 1.165) is 0 Å². The fraction of sp³-hybridized carbons (Fsp3) is 0.125. The van der Waals surface area contributed by atoms with Crippen molar-refractivity contribution >= 4 is 5.91 Å². The summed E-state index contributed by atoms with van der Waals surface area (Å²) in [5.41, 5.74) is 6.81. The standard InChI is InChI=1S/C16H14FN3O/c17-15-4-3-12(2-1-7-18)10-14(15)11-20-16(21)13-5-8-19-9-6-13/h3-6,8-10H,7,11,18H2,(H,20,21). The molecule has 0 saturated carbocycles. The Kier molecular flexibility index (Phi) is 5.02. The van der Waals surface area contributed by atoms with Gasteiger partial charge in [-0.05, 0) is 30.3 Å². The van der Waals surface area contributed by atoms with Gasteiger partial charge in [0, 0.05) is 35.6 Å². The second kappa shape index (κ2) is 7.17. The second-order valence-corrected chi connectivity index (χ2v) is 4.23. The third-order valence-corrected chi connectivity index (χ3v) is 2.76. The van der Waals surface area contributed by atoms with Crippen LogP contribution in [0.15, 0.2) is 42.7 Å². The molecule has 1 amide bonds. The van der Waals surface area contributed by atoms with Crippen LogP contribution in [-0.4, -0.2) is 17.4 Å². The van der Waals surface area contributed by atoms with Crippen molar-refractivity contribution < 1.29 is 9.18 Å². The topological polar surface area (TPSA) is 68.0 Å². The zero-order valence-corrected chi connectivity index (χ0v) is 11.3. The molecular formula is C16H14FN3O. The molecule has 0 saturated heterocycles. The molecule has 0 bridgehead atoms. The summed E-state index contributed by atoms with van der Waals surface area (Å²) in [6.07, 6.45) is 3.05. The third kappa shape index (κ3) is 4.13. The molecule has 0 unspecified atom stereocenters. The predicted molar refractivity (Wildman–Crippen MR) is 77.7 cm³/mol. The summed E-state index contributed by atoms with van der Waals surface area (Å²) in [5, 5.41) is 2.66. The van der Waals surface area contributed by atoms with Crippen molar-refractivity contribution in [3.05, 3.63) is 65.2 Å². The van der Waals surface area contributed by atoms with E-state index in [1.807, 2.05) is 0 Å². The molecule has 106 valence electrons. The molecule has 2 aromatic rings. The Balaban J connectivity index is 2.07. The molecule has 1 aromatic carbocycles. The molecule has 0 spiro atoms. The first-order valence-electron chi connectivity index (χ1n) is 6.36. The normalized spacial score (nSPS) is 9.62. The van der Waals surface area contributed by atoms with Crippen LogP contribution in [0.4, 0.5) is 4.39 Å². The lowest BCUT2D eigenvalue weighted by Gasteiger charge is -2.07. The summed E-state index contributed by atoms with van der Waals surface area (Å²) in [6.45, 7) is 0.330. The number of pyridine rings is 1. The maximum absolute atomic E-state index is 13.7. The van der Waals surface area contributed by atoms with E-state index in [-0.39, 0.29) is 24.8 Å². The zero-order chi connectivity index (χ0) is 15.1. The lowest BCUT2D eigenvalue weighted by Crippen LogP contribution is -2.23. The van der Waals surface area contributed by atoms with E-state index in [4.69, 9.17) is 5.73 Å².